The van der Waals surface area contributed by atoms with Crippen LogP contribution in [0, 0.1) is 12.8 Å². The van der Waals surface area contributed by atoms with Gasteiger partial charge in [-0.3, -0.25) is 4.79 Å². The lowest BCUT2D eigenvalue weighted by Crippen LogP contribution is -2.28. The second-order valence-corrected chi connectivity index (χ2v) is 3.97. The quantitative estimate of drug-likeness (QED) is 0.760. The third-order valence-electron chi connectivity index (χ3n) is 2.47. The fourth-order valence-electron chi connectivity index (χ4n) is 1.65. The summed E-state index contributed by atoms with van der Waals surface area (Å²) in [5.74, 6) is 1.47. The van der Waals surface area contributed by atoms with E-state index in [0.29, 0.717) is 5.92 Å². The van der Waals surface area contributed by atoms with Crippen molar-refractivity contribution in [1.82, 2.24) is 15.3 Å². The molecule has 1 unspecified atom stereocenters. The van der Waals surface area contributed by atoms with Crippen molar-refractivity contribution in [3.05, 3.63) is 17.7 Å². The lowest BCUT2D eigenvalue weighted by molar-refractivity contribution is -0.119. The number of aryl methyl sites for hydroxylation is 1. The van der Waals surface area contributed by atoms with Gasteiger partial charge in [0.1, 0.15) is 5.82 Å². The molecule has 1 aliphatic rings. The minimum Gasteiger partial charge on any atom is -0.346 e. The average Bonchev–Trinajstić information content (AvgIpc) is 2.85. The molecule has 0 aromatic carbocycles. The molecule has 1 fully saturated rings. The van der Waals surface area contributed by atoms with Gasteiger partial charge in [0.2, 0.25) is 5.91 Å². The summed E-state index contributed by atoms with van der Waals surface area (Å²) in [7, 11) is 0. The van der Waals surface area contributed by atoms with Crippen LogP contribution in [0.2, 0.25) is 0 Å². The molecule has 1 saturated carbocycles. The van der Waals surface area contributed by atoms with Crippen LogP contribution >= 0.6 is 0 Å². The van der Waals surface area contributed by atoms with Gasteiger partial charge in [0.05, 0.1) is 6.04 Å². The van der Waals surface area contributed by atoms with Crippen LogP contribution in [0.15, 0.2) is 6.20 Å². The predicted molar refractivity (Wildman–Crippen MR) is 52.6 cm³/mol. The van der Waals surface area contributed by atoms with Crippen molar-refractivity contribution in [3.63, 3.8) is 0 Å². The van der Waals surface area contributed by atoms with E-state index in [1.165, 1.54) is 12.8 Å². The Morgan fingerprint density at radius 3 is 2.86 bits per heavy atom. The van der Waals surface area contributed by atoms with Crippen molar-refractivity contribution in [2.75, 3.05) is 0 Å². The number of amides is 1. The minimum absolute atomic E-state index is 0.0101. The monoisotopic (exact) mass is 193 g/mol. The van der Waals surface area contributed by atoms with Gasteiger partial charge in [-0.2, -0.15) is 0 Å². The van der Waals surface area contributed by atoms with E-state index < -0.39 is 0 Å². The molecule has 0 aliphatic heterocycles. The van der Waals surface area contributed by atoms with E-state index in [2.05, 4.69) is 15.3 Å². The topological polar surface area (TPSA) is 57.8 Å². The zero-order chi connectivity index (χ0) is 10.1. The summed E-state index contributed by atoms with van der Waals surface area (Å²) in [6.45, 7) is 3.51. The Labute approximate surface area is 83.1 Å². The number of H-pyrrole nitrogens is 1. The van der Waals surface area contributed by atoms with Gasteiger partial charge in [-0.1, -0.05) is 0 Å². The zero-order valence-corrected chi connectivity index (χ0v) is 8.50. The molecule has 1 amide bonds. The number of hydrogen-bond donors (Lipinski definition) is 2. The van der Waals surface area contributed by atoms with Gasteiger partial charge < -0.3 is 10.3 Å². The van der Waals surface area contributed by atoms with Gasteiger partial charge >= 0.3 is 0 Å². The number of carbonyl (C=O) groups is 1. The molecule has 0 radical (unpaired) electrons. The molecule has 1 heterocycles. The van der Waals surface area contributed by atoms with E-state index in [4.69, 9.17) is 0 Å². The third kappa shape index (κ3) is 1.95. The number of aromatic amines is 1. The van der Waals surface area contributed by atoms with E-state index in [9.17, 15) is 4.79 Å². The molecule has 4 heteroatoms. The number of hydrogen-bond acceptors (Lipinski definition) is 2. The van der Waals surface area contributed by atoms with Crippen LogP contribution in [-0.2, 0) is 4.79 Å². The highest BCUT2D eigenvalue weighted by atomic mass is 16.1. The van der Waals surface area contributed by atoms with Crippen LogP contribution in [0.5, 0.6) is 0 Å². The smallest absolute Gasteiger partial charge is 0.217 e. The van der Waals surface area contributed by atoms with E-state index in [1.807, 2.05) is 6.92 Å². The maximum absolute atomic E-state index is 11.0. The summed E-state index contributed by atoms with van der Waals surface area (Å²) in [5.41, 5.74) is 1.04. The lowest BCUT2D eigenvalue weighted by Gasteiger charge is -2.14. The van der Waals surface area contributed by atoms with Crippen LogP contribution in [0.25, 0.3) is 0 Å². The largest absolute Gasteiger partial charge is 0.346 e. The fourth-order valence-corrected chi connectivity index (χ4v) is 1.65. The van der Waals surface area contributed by atoms with Crippen LogP contribution in [0.1, 0.15) is 37.3 Å². The normalized spacial score (nSPS) is 17.9. The van der Waals surface area contributed by atoms with Gasteiger partial charge in [-0.25, -0.2) is 4.98 Å². The van der Waals surface area contributed by atoms with Crippen molar-refractivity contribution in [3.8, 4) is 0 Å². The summed E-state index contributed by atoms with van der Waals surface area (Å²) in [6.07, 6.45) is 4.17. The van der Waals surface area contributed by atoms with Crippen LogP contribution in [0.3, 0.4) is 0 Å². The summed E-state index contributed by atoms with van der Waals surface area (Å²) in [5, 5.41) is 2.94. The van der Waals surface area contributed by atoms with Crippen molar-refractivity contribution < 1.29 is 4.79 Å². The second-order valence-electron chi connectivity index (χ2n) is 3.97. The first-order chi connectivity index (χ1) is 6.66. The Balaban J connectivity index is 2.13. The third-order valence-corrected chi connectivity index (χ3v) is 2.47. The minimum atomic E-state index is 0.0101. The Bertz CT molecular complexity index is 341. The van der Waals surface area contributed by atoms with E-state index in [-0.39, 0.29) is 11.9 Å². The highest BCUT2D eigenvalue weighted by molar-refractivity contribution is 5.73. The summed E-state index contributed by atoms with van der Waals surface area (Å²) in [4.78, 5) is 18.5. The van der Waals surface area contributed by atoms with E-state index in [1.54, 1.807) is 13.1 Å². The highest BCUT2D eigenvalue weighted by Gasteiger charge is 2.34. The predicted octanol–water partition coefficient (Wildman–Crippen LogP) is 1.31. The summed E-state index contributed by atoms with van der Waals surface area (Å²) >= 11 is 0. The first kappa shape index (κ1) is 9.24. The summed E-state index contributed by atoms with van der Waals surface area (Å²) in [6, 6.07) is 0.0844. The number of carbonyl (C=O) groups excluding carboxylic acids is 1. The molecule has 1 aliphatic carbocycles. The Morgan fingerprint density at radius 2 is 2.43 bits per heavy atom. The van der Waals surface area contributed by atoms with Crippen molar-refractivity contribution in [2.45, 2.75) is 32.7 Å². The number of rotatable bonds is 3. The maximum Gasteiger partial charge on any atom is 0.217 e. The SMILES string of the molecule is CC(=O)NC(c1ncc(C)[nH]1)C1CC1. The Morgan fingerprint density at radius 1 is 1.71 bits per heavy atom. The van der Waals surface area contributed by atoms with Gasteiger partial charge in [0.15, 0.2) is 0 Å². The fraction of sp³-hybridized carbons (Fsp3) is 0.600. The molecule has 0 spiro atoms. The molecule has 1 aromatic heterocycles. The van der Waals surface area contributed by atoms with Crippen molar-refractivity contribution in [1.29, 1.82) is 0 Å². The molecule has 1 atom stereocenters. The van der Waals surface area contributed by atoms with Gasteiger partial charge in [0, 0.05) is 18.8 Å². The summed E-state index contributed by atoms with van der Waals surface area (Å²) < 4.78 is 0. The molecule has 2 rings (SSSR count). The Hall–Kier alpha value is -1.32. The molecule has 0 bridgehead atoms. The van der Waals surface area contributed by atoms with Crippen molar-refractivity contribution in [2.24, 2.45) is 5.92 Å². The van der Waals surface area contributed by atoms with Crippen LogP contribution in [0.4, 0.5) is 0 Å². The molecule has 0 saturated heterocycles. The lowest BCUT2D eigenvalue weighted by atomic mass is 10.2. The number of aromatic nitrogens is 2. The average molecular weight is 193 g/mol. The number of nitrogens with zero attached hydrogens (tertiary/aromatic N) is 1. The number of imidazole rings is 1. The first-order valence-electron chi connectivity index (χ1n) is 4.95. The van der Waals surface area contributed by atoms with Gasteiger partial charge in [-0.15, -0.1) is 0 Å². The first-order valence-corrected chi connectivity index (χ1v) is 4.95. The molecule has 14 heavy (non-hydrogen) atoms. The van der Waals surface area contributed by atoms with E-state index in [0.717, 1.165) is 11.5 Å². The standard InChI is InChI=1S/C10H15N3O/c1-6-5-11-10(12-6)9(8-3-4-8)13-7(2)14/h5,8-9H,3-4H2,1-2H3,(H,11,12)(H,13,14). The second kappa shape index (κ2) is 3.44. The van der Waals surface area contributed by atoms with Gasteiger partial charge in [-0.05, 0) is 25.7 Å². The molecule has 2 N–H and O–H groups in total. The molecule has 76 valence electrons. The maximum atomic E-state index is 11.0. The van der Waals surface area contributed by atoms with Crippen molar-refractivity contribution >= 4 is 5.91 Å². The molecule has 4 nitrogen and oxygen atoms in total. The number of nitrogens with one attached hydrogen (secondary N) is 2. The zero-order valence-electron chi connectivity index (χ0n) is 8.50. The van der Waals surface area contributed by atoms with E-state index >= 15 is 0 Å². The molecule has 1 aromatic rings. The highest BCUT2D eigenvalue weighted by Crippen LogP contribution is 2.39. The van der Waals surface area contributed by atoms with Crippen LogP contribution < -0.4 is 5.32 Å². The van der Waals surface area contributed by atoms with Gasteiger partial charge in [0.25, 0.3) is 0 Å². The van der Waals surface area contributed by atoms with Crippen LogP contribution in [-0.4, -0.2) is 15.9 Å². The molecular formula is C10H15N3O. The molecular weight excluding hydrogens is 178 g/mol. The Kier molecular flexibility index (Phi) is 2.27.